The maximum atomic E-state index is 13.3. The quantitative estimate of drug-likeness (QED) is 0.808. The number of amides is 1. The highest BCUT2D eigenvalue weighted by Gasteiger charge is 2.37. The van der Waals surface area contributed by atoms with Crippen LogP contribution in [-0.2, 0) is 20.9 Å². The van der Waals surface area contributed by atoms with Crippen molar-refractivity contribution in [3.63, 3.8) is 0 Å². The van der Waals surface area contributed by atoms with Gasteiger partial charge in [-0.05, 0) is 30.7 Å². The minimum Gasteiger partial charge on any atom is -0.467 e. The summed E-state index contributed by atoms with van der Waals surface area (Å²) >= 11 is 0. The predicted octanol–water partition coefficient (Wildman–Crippen LogP) is 2.93. The fourth-order valence-corrected chi connectivity index (χ4v) is 2.82. The standard InChI is InChI=1S/C17H21F2NO4/c1-23-16(21)15(9-12-7-13(18)14(19)8-12)20-17(22)24-10-11-5-3-2-4-6-11/h2-6,12-15H,7-10H2,1H3,(H,20,22)/t12?,13-,14+,15-/m0/s1. The van der Waals surface area contributed by atoms with E-state index in [0.29, 0.717) is 0 Å². The third kappa shape index (κ3) is 5.18. The number of methoxy groups -OCH3 is 1. The second-order valence-electron chi connectivity index (χ2n) is 5.89. The molecular weight excluding hydrogens is 320 g/mol. The van der Waals surface area contributed by atoms with Gasteiger partial charge in [0.15, 0.2) is 0 Å². The zero-order valence-corrected chi connectivity index (χ0v) is 13.4. The first-order chi connectivity index (χ1) is 11.5. The van der Waals surface area contributed by atoms with Gasteiger partial charge in [0.1, 0.15) is 25.0 Å². The SMILES string of the molecule is COC(=O)[C@H](CC1C[C@@H](F)[C@@H](F)C1)NC(=O)OCc1ccccc1. The molecule has 0 bridgehead atoms. The maximum Gasteiger partial charge on any atom is 0.408 e. The molecule has 1 N–H and O–H groups in total. The molecular formula is C17H21F2NO4. The van der Waals surface area contributed by atoms with Crippen molar-refractivity contribution in [2.75, 3.05) is 7.11 Å². The third-order valence-corrected chi connectivity index (χ3v) is 4.07. The first-order valence-electron chi connectivity index (χ1n) is 7.82. The highest BCUT2D eigenvalue weighted by molar-refractivity contribution is 5.81. The zero-order valence-electron chi connectivity index (χ0n) is 13.4. The number of carbonyl (C=O) groups excluding carboxylic acids is 2. The van der Waals surface area contributed by atoms with Gasteiger partial charge in [0.2, 0.25) is 0 Å². The van der Waals surface area contributed by atoms with Crippen LogP contribution >= 0.6 is 0 Å². The van der Waals surface area contributed by atoms with Crippen LogP contribution in [0.15, 0.2) is 30.3 Å². The van der Waals surface area contributed by atoms with Gasteiger partial charge in [-0.15, -0.1) is 0 Å². The van der Waals surface area contributed by atoms with Crippen LogP contribution in [0.2, 0.25) is 0 Å². The Hall–Kier alpha value is -2.18. The monoisotopic (exact) mass is 341 g/mol. The Morgan fingerprint density at radius 2 is 1.83 bits per heavy atom. The van der Waals surface area contributed by atoms with Gasteiger partial charge in [0.25, 0.3) is 0 Å². The smallest absolute Gasteiger partial charge is 0.408 e. The van der Waals surface area contributed by atoms with Crippen molar-refractivity contribution in [3.8, 4) is 0 Å². The molecule has 0 aliphatic heterocycles. The molecule has 4 atom stereocenters. The fourth-order valence-electron chi connectivity index (χ4n) is 2.82. The minimum absolute atomic E-state index is 0.0371. The Labute approximate surface area is 139 Å². The molecule has 1 aromatic carbocycles. The number of hydrogen-bond donors (Lipinski definition) is 1. The Morgan fingerprint density at radius 1 is 1.21 bits per heavy atom. The summed E-state index contributed by atoms with van der Waals surface area (Å²) in [6.07, 6.45) is -3.61. The molecule has 1 amide bonds. The molecule has 1 aromatic rings. The van der Waals surface area contributed by atoms with Crippen molar-refractivity contribution >= 4 is 12.1 Å². The molecule has 1 fully saturated rings. The lowest BCUT2D eigenvalue weighted by molar-refractivity contribution is -0.143. The van der Waals surface area contributed by atoms with Gasteiger partial charge in [-0.25, -0.2) is 18.4 Å². The van der Waals surface area contributed by atoms with Crippen LogP contribution in [-0.4, -0.2) is 37.6 Å². The van der Waals surface area contributed by atoms with E-state index >= 15 is 0 Å². The largest absolute Gasteiger partial charge is 0.467 e. The zero-order chi connectivity index (χ0) is 17.5. The van der Waals surface area contributed by atoms with E-state index in [9.17, 15) is 18.4 Å². The summed E-state index contributed by atoms with van der Waals surface area (Å²) in [5.41, 5.74) is 0.804. The molecule has 0 heterocycles. The molecule has 7 heteroatoms. The number of carbonyl (C=O) groups is 2. The molecule has 132 valence electrons. The van der Waals surface area contributed by atoms with Gasteiger partial charge in [-0.2, -0.15) is 0 Å². The van der Waals surface area contributed by atoms with Crippen molar-refractivity contribution in [2.24, 2.45) is 5.92 Å². The van der Waals surface area contributed by atoms with Crippen molar-refractivity contribution in [3.05, 3.63) is 35.9 Å². The van der Waals surface area contributed by atoms with Gasteiger partial charge in [0.05, 0.1) is 7.11 Å². The molecule has 1 saturated carbocycles. The molecule has 0 radical (unpaired) electrons. The van der Waals surface area contributed by atoms with E-state index in [1.165, 1.54) is 7.11 Å². The number of alkyl halides is 2. The van der Waals surface area contributed by atoms with Crippen molar-refractivity contribution in [2.45, 2.75) is 44.3 Å². The van der Waals surface area contributed by atoms with Crippen LogP contribution in [0.1, 0.15) is 24.8 Å². The summed E-state index contributed by atoms with van der Waals surface area (Å²) in [6.45, 7) is 0.0586. The van der Waals surface area contributed by atoms with E-state index in [0.717, 1.165) is 5.56 Å². The lowest BCUT2D eigenvalue weighted by atomic mass is 9.98. The summed E-state index contributed by atoms with van der Waals surface area (Å²) < 4.78 is 36.2. The minimum atomic E-state index is -1.52. The van der Waals surface area contributed by atoms with Gasteiger partial charge in [-0.1, -0.05) is 30.3 Å². The number of halogens is 2. The normalized spacial score (nSPS) is 24.2. The van der Waals surface area contributed by atoms with Crippen LogP contribution in [0, 0.1) is 5.92 Å². The molecule has 5 nitrogen and oxygen atoms in total. The molecule has 0 aromatic heterocycles. The first-order valence-corrected chi connectivity index (χ1v) is 7.82. The number of ether oxygens (including phenoxy) is 2. The number of nitrogens with one attached hydrogen (secondary N) is 1. The van der Waals surface area contributed by atoms with Gasteiger partial charge in [0, 0.05) is 0 Å². The summed E-state index contributed by atoms with van der Waals surface area (Å²) in [4.78, 5) is 23.7. The van der Waals surface area contributed by atoms with E-state index < -0.39 is 30.4 Å². The second kappa shape index (κ2) is 8.61. The summed E-state index contributed by atoms with van der Waals surface area (Å²) in [5.74, 6) is -0.988. The van der Waals surface area contributed by atoms with Crippen molar-refractivity contribution in [1.82, 2.24) is 5.32 Å². The Morgan fingerprint density at radius 3 is 2.42 bits per heavy atom. The Balaban J connectivity index is 1.86. The predicted molar refractivity (Wildman–Crippen MR) is 82.7 cm³/mol. The van der Waals surface area contributed by atoms with E-state index in [1.54, 1.807) is 12.1 Å². The van der Waals surface area contributed by atoms with Crippen LogP contribution in [0.25, 0.3) is 0 Å². The van der Waals surface area contributed by atoms with Gasteiger partial charge >= 0.3 is 12.1 Å². The average molecular weight is 341 g/mol. The number of rotatable bonds is 6. The fraction of sp³-hybridized carbons (Fsp3) is 0.529. The lowest BCUT2D eigenvalue weighted by Gasteiger charge is -2.19. The average Bonchev–Trinajstić information content (AvgIpc) is 2.90. The number of esters is 1. The Kier molecular flexibility index (Phi) is 6.52. The molecule has 0 spiro atoms. The molecule has 24 heavy (non-hydrogen) atoms. The van der Waals surface area contributed by atoms with E-state index in [-0.39, 0.29) is 31.8 Å². The molecule has 1 aliphatic rings. The topological polar surface area (TPSA) is 64.6 Å². The van der Waals surface area contributed by atoms with E-state index in [4.69, 9.17) is 4.74 Å². The second-order valence-corrected chi connectivity index (χ2v) is 5.89. The van der Waals surface area contributed by atoms with Crippen molar-refractivity contribution < 1.29 is 27.8 Å². The summed E-state index contributed by atoms with van der Waals surface area (Å²) in [6, 6.07) is 8.08. The lowest BCUT2D eigenvalue weighted by Crippen LogP contribution is -2.42. The maximum absolute atomic E-state index is 13.3. The van der Waals surface area contributed by atoms with Gasteiger partial charge < -0.3 is 14.8 Å². The third-order valence-electron chi connectivity index (χ3n) is 4.07. The summed E-state index contributed by atoms with van der Waals surface area (Å²) in [7, 11) is 1.19. The molecule has 0 saturated heterocycles. The molecule has 1 unspecified atom stereocenters. The highest BCUT2D eigenvalue weighted by atomic mass is 19.2. The van der Waals surface area contributed by atoms with E-state index in [1.807, 2.05) is 18.2 Å². The number of benzene rings is 1. The Bertz CT molecular complexity index is 545. The first kappa shape index (κ1) is 18.2. The highest BCUT2D eigenvalue weighted by Crippen LogP contribution is 2.33. The number of hydrogen-bond acceptors (Lipinski definition) is 4. The molecule has 1 aliphatic carbocycles. The van der Waals surface area contributed by atoms with Crippen LogP contribution < -0.4 is 5.32 Å². The summed E-state index contributed by atoms with van der Waals surface area (Å²) in [5, 5.41) is 2.41. The van der Waals surface area contributed by atoms with Crippen LogP contribution in [0.3, 0.4) is 0 Å². The van der Waals surface area contributed by atoms with Gasteiger partial charge in [-0.3, -0.25) is 0 Å². The molecule has 2 rings (SSSR count). The van der Waals surface area contributed by atoms with Crippen molar-refractivity contribution in [1.29, 1.82) is 0 Å². The van der Waals surface area contributed by atoms with Crippen LogP contribution in [0.5, 0.6) is 0 Å². The van der Waals surface area contributed by atoms with E-state index in [2.05, 4.69) is 10.1 Å². The number of alkyl carbamates (subject to hydrolysis) is 1. The van der Waals surface area contributed by atoms with Crippen LogP contribution in [0.4, 0.5) is 13.6 Å².